The molecule has 2 aliphatic carbocycles. The van der Waals surface area contributed by atoms with Gasteiger partial charge in [-0.05, 0) is 0 Å². The summed E-state index contributed by atoms with van der Waals surface area (Å²) in [5.41, 5.74) is 2.68. The van der Waals surface area contributed by atoms with Crippen LogP contribution in [0.3, 0.4) is 0 Å². The van der Waals surface area contributed by atoms with Gasteiger partial charge >= 0.3 is 26.2 Å². The molecule has 0 spiro atoms. The fourth-order valence-corrected chi connectivity index (χ4v) is 1.51. The summed E-state index contributed by atoms with van der Waals surface area (Å²) in [7, 11) is 0. The van der Waals surface area contributed by atoms with Crippen molar-refractivity contribution in [2.45, 2.75) is 27.7 Å². The Morgan fingerprint density at radius 1 is 0.824 bits per heavy atom. The van der Waals surface area contributed by atoms with E-state index in [1.165, 1.54) is 11.1 Å². The summed E-state index contributed by atoms with van der Waals surface area (Å²) in [4.78, 5) is 0. The molecule has 0 bridgehead atoms. The van der Waals surface area contributed by atoms with Gasteiger partial charge in [0.25, 0.3) is 0 Å². The second-order valence-electron chi connectivity index (χ2n) is 4.02. The first kappa shape index (κ1) is 22.6. The third-order valence-corrected chi connectivity index (χ3v) is 2.17. The van der Waals surface area contributed by atoms with E-state index in [4.69, 9.17) is 0 Å². The second kappa shape index (κ2) is 11.5. The van der Waals surface area contributed by atoms with Crippen molar-refractivity contribution in [3.05, 3.63) is 47.6 Å². The zero-order chi connectivity index (χ0) is 10.6. The molecule has 2 rings (SSSR count). The molecule has 0 fully saturated rings. The van der Waals surface area contributed by atoms with Crippen molar-refractivity contribution in [2.24, 2.45) is 11.8 Å². The van der Waals surface area contributed by atoms with Gasteiger partial charge in [0.05, 0.1) is 0 Å². The molecule has 0 amide bonds. The van der Waals surface area contributed by atoms with Gasteiger partial charge in [-0.15, -0.1) is 38.7 Å². The number of hydrogen-bond donors (Lipinski definition) is 0. The van der Waals surface area contributed by atoms with E-state index in [-0.39, 0.29) is 51.0 Å². The second-order valence-corrected chi connectivity index (χ2v) is 4.02. The number of halogens is 2. The summed E-state index contributed by atoms with van der Waals surface area (Å²) in [5, 5.41) is 0. The van der Waals surface area contributed by atoms with E-state index in [1.807, 2.05) is 12.2 Å². The van der Waals surface area contributed by atoms with Gasteiger partial charge in [0.2, 0.25) is 0 Å². The van der Waals surface area contributed by atoms with Gasteiger partial charge in [0.15, 0.2) is 0 Å². The maximum absolute atomic E-state index is 3.15. The molecule has 0 saturated carbocycles. The number of hydrogen-bond acceptors (Lipinski definition) is 0. The summed E-state index contributed by atoms with van der Waals surface area (Å²) < 4.78 is 0. The maximum atomic E-state index is 3.15. The van der Waals surface area contributed by atoms with Crippen molar-refractivity contribution >= 4 is 24.8 Å². The minimum atomic E-state index is 0. The van der Waals surface area contributed by atoms with E-state index >= 15 is 0 Å². The molecule has 94 valence electrons. The van der Waals surface area contributed by atoms with Crippen LogP contribution >= 0.6 is 24.8 Å². The normalized spacial score (nSPS) is 23.3. The molecule has 0 saturated heterocycles. The molecule has 0 aromatic rings. The Bertz CT molecular complexity index is 282. The summed E-state index contributed by atoms with van der Waals surface area (Å²) >= 11 is 0. The molecule has 0 aromatic carbocycles. The summed E-state index contributed by atoms with van der Waals surface area (Å²) in [5.74, 6) is 1.11. The van der Waals surface area contributed by atoms with E-state index in [9.17, 15) is 0 Å². The van der Waals surface area contributed by atoms with Gasteiger partial charge in [0, 0.05) is 0 Å². The zero-order valence-corrected chi connectivity index (χ0v) is 14.9. The SMILES string of the molecule is CC1=CC(C)[C-]=C1.CC1=CC(C)[C-]=C1.Cl.Cl.[Zr+2]. The molecule has 2 atom stereocenters. The van der Waals surface area contributed by atoms with Crippen molar-refractivity contribution in [1.29, 1.82) is 0 Å². The molecular formula is C14H20Cl2Zr. The Morgan fingerprint density at radius 3 is 1.18 bits per heavy atom. The van der Waals surface area contributed by atoms with Gasteiger partial charge in [-0.1, -0.05) is 25.7 Å². The molecule has 0 N–H and O–H groups in total. The van der Waals surface area contributed by atoms with E-state index in [2.05, 4.69) is 52.0 Å². The smallest absolute Gasteiger partial charge is 0.270 e. The molecule has 0 heterocycles. The van der Waals surface area contributed by atoms with Crippen LogP contribution in [0.5, 0.6) is 0 Å². The van der Waals surface area contributed by atoms with Crippen LogP contribution in [-0.4, -0.2) is 0 Å². The standard InChI is InChI=1S/2C7H9.2ClH.Zr/c2*1-6-3-4-7(2)5-6;;;/h2*3,5,7H,1-2H3;2*1H;/q2*-1;;;+2. The third kappa shape index (κ3) is 10.1. The van der Waals surface area contributed by atoms with Gasteiger partial charge in [0.1, 0.15) is 0 Å². The first-order valence-corrected chi connectivity index (χ1v) is 5.13. The number of rotatable bonds is 0. The van der Waals surface area contributed by atoms with Gasteiger partial charge in [-0.25, -0.2) is 23.3 Å². The van der Waals surface area contributed by atoms with E-state index in [1.54, 1.807) is 0 Å². The van der Waals surface area contributed by atoms with Crippen LogP contribution in [-0.2, 0) is 26.2 Å². The van der Waals surface area contributed by atoms with Crippen LogP contribution in [0.4, 0.5) is 0 Å². The minimum Gasteiger partial charge on any atom is -0.270 e. The molecule has 17 heavy (non-hydrogen) atoms. The zero-order valence-electron chi connectivity index (χ0n) is 10.8. The van der Waals surface area contributed by atoms with Gasteiger partial charge in [-0.2, -0.15) is 12.2 Å². The summed E-state index contributed by atoms with van der Waals surface area (Å²) in [6.07, 6.45) is 14.8. The predicted octanol–water partition coefficient (Wildman–Crippen LogP) is 4.72. The summed E-state index contributed by atoms with van der Waals surface area (Å²) in [6, 6.07) is 0. The number of allylic oxidation sites excluding steroid dienone is 8. The monoisotopic (exact) mass is 348 g/mol. The van der Waals surface area contributed by atoms with Crippen molar-refractivity contribution < 1.29 is 26.2 Å². The average Bonchev–Trinajstić information content (AvgIpc) is 2.63. The van der Waals surface area contributed by atoms with E-state index in [0.29, 0.717) is 11.8 Å². The molecule has 2 aliphatic rings. The first-order valence-electron chi connectivity index (χ1n) is 5.13. The van der Waals surface area contributed by atoms with Crippen molar-refractivity contribution in [2.75, 3.05) is 0 Å². The van der Waals surface area contributed by atoms with Crippen LogP contribution in [0.2, 0.25) is 0 Å². The average molecular weight is 350 g/mol. The van der Waals surface area contributed by atoms with Crippen LogP contribution < -0.4 is 0 Å². The first-order chi connectivity index (χ1) is 6.58. The molecule has 0 nitrogen and oxygen atoms in total. The van der Waals surface area contributed by atoms with Crippen LogP contribution in [0.15, 0.2) is 35.5 Å². The van der Waals surface area contributed by atoms with Crippen molar-refractivity contribution in [1.82, 2.24) is 0 Å². The van der Waals surface area contributed by atoms with Crippen LogP contribution in [0.1, 0.15) is 27.7 Å². The van der Waals surface area contributed by atoms with E-state index in [0.717, 1.165) is 0 Å². The molecule has 0 radical (unpaired) electrons. The molecule has 0 aliphatic heterocycles. The fraction of sp³-hybridized carbons (Fsp3) is 0.429. The van der Waals surface area contributed by atoms with Crippen molar-refractivity contribution in [3.63, 3.8) is 0 Å². The topological polar surface area (TPSA) is 0 Å². The quantitative estimate of drug-likeness (QED) is 0.554. The Hall–Kier alpha value is 0.423. The predicted molar refractivity (Wildman–Crippen MR) is 76.0 cm³/mol. The molecule has 0 aromatic heterocycles. The maximum Gasteiger partial charge on any atom is 2.00 e. The van der Waals surface area contributed by atoms with Crippen LogP contribution in [0.25, 0.3) is 0 Å². The Kier molecular flexibility index (Phi) is 15.3. The van der Waals surface area contributed by atoms with Crippen molar-refractivity contribution in [3.8, 4) is 0 Å². The minimum absolute atomic E-state index is 0. The van der Waals surface area contributed by atoms with Gasteiger partial charge in [-0.3, -0.25) is 12.2 Å². The fourth-order valence-electron chi connectivity index (χ4n) is 1.51. The molecule has 2 unspecified atom stereocenters. The molecule has 3 heteroatoms. The summed E-state index contributed by atoms with van der Waals surface area (Å²) in [6.45, 7) is 8.45. The third-order valence-electron chi connectivity index (χ3n) is 2.17. The Balaban J connectivity index is -0.000000196. The van der Waals surface area contributed by atoms with E-state index < -0.39 is 0 Å². The molecular weight excluding hydrogens is 330 g/mol. The van der Waals surface area contributed by atoms with Gasteiger partial charge < -0.3 is 0 Å². The Morgan fingerprint density at radius 2 is 1.12 bits per heavy atom. The largest absolute Gasteiger partial charge is 2.00 e. The van der Waals surface area contributed by atoms with Crippen LogP contribution in [0, 0.1) is 24.0 Å². The Labute approximate surface area is 137 Å².